The first-order valence-corrected chi connectivity index (χ1v) is 8.19. The third-order valence-electron chi connectivity index (χ3n) is 3.51. The summed E-state index contributed by atoms with van der Waals surface area (Å²) in [6, 6.07) is 0.170. The molecule has 1 heterocycles. The molecular formula is C14H11B2F11N2O3-2. The van der Waals surface area contributed by atoms with Crippen molar-refractivity contribution >= 4 is 31.7 Å². The summed E-state index contributed by atoms with van der Waals surface area (Å²) in [5.74, 6) is -3.03. The Morgan fingerprint density at radius 3 is 1.94 bits per heavy atom. The number of methoxy groups -OCH3 is 1. The van der Waals surface area contributed by atoms with Crippen LogP contribution in [0.15, 0.2) is 17.1 Å². The molecule has 32 heavy (non-hydrogen) atoms. The van der Waals surface area contributed by atoms with Gasteiger partial charge in [0, 0.05) is 12.6 Å². The highest BCUT2D eigenvalue weighted by molar-refractivity contribution is 6.50. The third-order valence-corrected chi connectivity index (χ3v) is 3.51. The van der Waals surface area contributed by atoms with Gasteiger partial charge in [-0.1, -0.05) is 0 Å². The molecule has 1 saturated carbocycles. The highest BCUT2D eigenvalue weighted by Gasteiger charge is 2.38. The largest absolute Gasteiger partial charge is 0.673 e. The van der Waals surface area contributed by atoms with E-state index in [1.54, 1.807) is 0 Å². The van der Waals surface area contributed by atoms with Crippen molar-refractivity contribution in [2.24, 2.45) is 0 Å². The minimum absolute atomic E-state index is 0.0869. The number of hydrogen-bond donors (Lipinski definition) is 1. The maximum absolute atomic E-state index is 13.9. The number of alkyl halides is 1. The molecule has 1 fully saturated rings. The molecule has 0 aliphatic heterocycles. The van der Waals surface area contributed by atoms with E-state index >= 15 is 0 Å². The van der Waals surface area contributed by atoms with Gasteiger partial charge in [0.1, 0.15) is 11.7 Å². The molecule has 2 atom stereocenters. The van der Waals surface area contributed by atoms with Gasteiger partial charge in [0.25, 0.3) is 0 Å². The van der Waals surface area contributed by atoms with Crippen LogP contribution in [-0.2, 0) is 0 Å². The Kier molecular flexibility index (Phi) is 8.57. The number of fused-ring (bicyclic) bond motifs is 1. The summed E-state index contributed by atoms with van der Waals surface area (Å²) in [7, 11) is -10.9. The number of pyridine rings is 1. The highest BCUT2D eigenvalue weighted by atomic mass is 19.5. The van der Waals surface area contributed by atoms with Crippen LogP contribution < -0.4 is 15.6 Å². The van der Waals surface area contributed by atoms with Crippen LogP contribution in [0.25, 0.3) is 10.9 Å². The fourth-order valence-corrected chi connectivity index (χ4v) is 2.27. The molecule has 1 N–H and O–H groups in total. The molecule has 0 radical (unpaired) electrons. The van der Waals surface area contributed by atoms with Crippen LogP contribution in [0.5, 0.6) is 5.75 Å². The van der Waals surface area contributed by atoms with Gasteiger partial charge in [0.15, 0.2) is 23.3 Å². The average Bonchev–Trinajstić information content (AvgIpc) is 3.31. The van der Waals surface area contributed by atoms with E-state index in [-0.39, 0.29) is 22.9 Å². The van der Waals surface area contributed by atoms with Crippen LogP contribution in [0.4, 0.5) is 47.7 Å². The topological polar surface area (TPSA) is 60.3 Å². The molecule has 2 aromatic rings. The van der Waals surface area contributed by atoms with Crippen molar-refractivity contribution in [3.63, 3.8) is 0 Å². The fraction of sp³-hybridized carbons (Fsp3) is 0.286. The first-order valence-electron chi connectivity index (χ1n) is 8.19. The quantitative estimate of drug-likeness (QED) is 0.397. The summed E-state index contributed by atoms with van der Waals surface area (Å²) in [5.41, 5.74) is 1.60. The predicted octanol–water partition coefficient (Wildman–Crippen LogP) is 4.35. The molecule has 18 heteroatoms. The van der Waals surface area contributed by atoms with Crippen molar-refractivity contribution in [2.45, 2.75) is 18.6 Å². The van der Waals surface area contributed by atoms with Gasteiger partial charge in [-0.3, -0.25) is 14.3 Å². The molecular weight excluding hydrogens is 475 g/mol. The molecule has 0 amide bonds. The number of carbonyl (C=O) groups excluding carboxylic acids is 1. The second kappa shape index (κ2) is 10.1. The van der Waals surface area contributed by atoms with Gasteiger partial charge < -0.3 is 44.7 Å². The molecule has 0 saturated heterocycles. The molecule has 1 aliphatic rings. The average molecular weight is 486 g/mol. The number of aldehydes is 1. The Bertz CT molecular complexity index is 1000. The number of ether oxygens (including phenoxy) is 1. The SMILES string of the molecule is COc1c(F)c(F)cc2c(=O)c(C=O)cn(N[C@@H]3C[C@@H]3F)c12.F[B-](F)(F)F.F[B-](F)(F)F. The van der Waals surface area contributed by atoms with Crippen LogP contribution in [0.2, 0.25) is 0 Å². The zero-order valence-corrected chi connectivity index (χ0v) is 15.6. The number of carbonyl (C=O) groups is 1. The number of rotatable bonds is 4. The predicted molar refractivity (Wildman–Crippen MR) is 93.1 cm³/mol. The summed E-state index contributed by atoms with van der Waals surface area (Å²) >= 11 is 0. The van der Waals surface area contributed by atoms with Crippen molar-refractivity contribution in [2.75, 3.05) is 12.5 Å². The molecule has 180 valence electrons. The molecule has 5 nitrogen and oxygen atoms in total. The molecule has 0 bridgehead atoms. The smallest absolute Gasteiger partial charge is 0.491 e. The maximum atomic E-state index is 13.9. The molecule has 1 aromatic heterocycles. The van der Waals surface area contributed by atoms with E-state index in [0.717, 1.165) is 18.0 Å². The molecule has 3 rings (SSSR count). The van der Waals surface area contributed by atoms with Gasteiger partial charge in [-0.2, -0.15) is 4.39 Å². The second-order valence-electron chi connectivity index (χ2n) is 5.98. The normalized spacial score (nSPS) is 17.5. The van der Waals surface area contributed by atoms with Crippen LogP contribution in [0.3, 0.4) is 0 Å². The Morgan fingerprint density at radius 1 is 1.09 bits per heavy atom. The lowest BCUT2D eigenvalue weighted by Crippen LogP contribution is -2.24. The van der Waals surface area contributed by atoms with E-state index < -0.39 is 49.5 Å². The highest BCUT2D eigenvalue weighted by Crippen LogP contribution is 2.31. The van der Waals surface area contributed by atoms with Gasteiger partial charge >= 0.3 is 14.5 Å². The Balaban J connectivity index is 0.000000431. The van der Waals surface area contributed by atoms with Crippen molar-refractivity contribution < 1.29 is 57.2 Å². The van der Waals surface area contributed by atoms with Crippen LogP contribution in [0, 0.1) is 11.6 Å². The van der Waals surface area contributed by atoms with E-state index in [4.69, 9.17) is 4.74 Å². The van der Waals surface area contributed by atoms with E-state index in [2.05, 4.69) is 5.43 Å². The van der Waals surface area contributed by atoms with E-state index in [9.17, 15) is 57.3 Å². The monoisotopic (exact) mass is 486 g/mol. The molecule has 0 spiro atoms. The van der Waals surface area contributed by atoms with E-state index in [0.29, 0.717) is 12.4 Å². The zero-order valence-electron chi connectivity index (χ0n) is 15.6. The van der Waals surface area contributed by atoms with Crippen LogP contribution >= 0.6 is 0 Å². The van der Waals surface area contributed by atoms with E-state index in [1.165, 1.54) is 0 Å². The van der Waals surface area contributed by atoms with Crippen LogP contribution in [0.1, 0.15) is 16.8 Å². The van der Waals surface area contributed by atoms with Crippen molar-refractivity contribution in [3.8, 4) is 5.75 Å². The lowest BCUT2D eigenvalue weighted by Gasteiger charge is -2.16. The van der Waals surface area contributed by atoms with Crippen molar-refractivity contribution in [1.82, 2.24) is 4.68 Å². The summed E-state index contributed by atoms with van der Waals surface area (Å²) in [6.45, 7) is 0. The summed E-state index contributed by atoms with van der Waals surface area (Å²) in [4.78, 5) is 23.1. The Labute approximate surface area is 171 Å². The molecule has 1 aromatic carbocycles. The van der Waals surface area contributed by atoms with Gasteiger partial charge in [-0.15, -0.1) is 0 Å². The number of nitrogens with one attached hydrogen (secondary N) is 1. The number of benzene rings is 1. The summed E-state index contributed by atoms with van der Waals surface area (Å²) < 4.78 is 125. The summed E-state index contributed by atoms with van der Waals surface area (Å²) in [6.07, 6.45) is 0.581. The number of halogens is 11. The fourth-order valence-electron chi connectivity index (χ4n) is 2.27. The Hall–Kier alpha value is -2.94. The van der Waals surface area contributed by atoms with Crippen molar-refractivity contribution in [1.29, 1.82) is 0 Å². The first kappa shape index (κ1) is 27.1. The van der Waals surface area contributed by atoms with Gasteiger partial charge in [0.2, 0.25) is 5.82 Å². The van der Waals surface area contributed by atoms with Gasteiger partial charge in [0.05, 0.1) is 24.1 Å². The maximum Gasteiger partial charge on any atom is 0.673 e. The second-order valence-corrected chi connectivity index (χ2v) is 5.98. The van der Waals surface area contributed by atoms with Crippen molar-refractivity contribution in [3.05, 3.63) is 39.7 Å². The van der Waals surface area contributed by atoms with Gasteiger partial charge in [-0.25, -0.2) is 8.78 Å². The molecule has 1 aliphatic carbocycles. The lowest BCUT2D eigenvalue weighted by molar-refractivity contribution is 0.112. The Morgan fingerprint density at radius 2 is 1.56 bits per heavy atom. The number of nitrogens with zero attached hydrogens (tertiary/aromatic N) is 1. The third kappa shape index (κ3) is 8.30. The number of hydrogen-bond acceptors (Lipinski definition) is 4. The zero-order chi connectivity index (χ0) is 25.0. The van der Waals surface area contributed by atoms with Gasteiger partial charge in [-0.05, 0) is 6.07 Å². The first-order chi connectivity index (χ1) is 14.5. The summed E-state index contributed by atoms with van der Waals surface area (Å²) in [5, 5.41) is -0.232. The van der Waals surface area contributed by atoms with E-state index in [1.807, 2.05) is 0 Å². The molecule has 0 unspecified atom stereocenters. The lowest BCUT2D eigenvalue weighted by atomic mass is 10.1. The minimum atomic E-state index is -6.00. The standard InChI is InChI=1S/C14H11F3N2O3.2BF4/c1-22-14-11(17)9(16)2-7-12(14)19(18-10-3-8(10)15)4-6(5-20)13(7)21;2*2-1(3,4)5/h2,4-5,8,10,18H,3H2,1H3;;/q;2*-1/t8-,10+;;/m0../s1. The minimum Gasteiger partial charge on any atom is -0.491 e. The van der Waals surface area contributed by atoms with Crippen LogP contribution in [-0.4, -0.2) is 44.8 Å². The number of aromatic nitrogens is 1.